The molecule has 1 fully saturated rings. The molecule has 1 aromatic heterocycles. The molecule has 2 aliphatic carbocycles. The van der Waals surface area contributed by atoms with Crippen LogP contribution in [-0.2, 0) is 6.42 Å². The van der Waals surface area contributed by atoms with Crippen LogP contribution in [0.1, 0.15) is 42.2 Å². The topological polar surface area (TPSA) is 12.0 Å². The zero-order valence-corrected chi connectivity index (χ0v) is 10.3. The molecule has 15 heavy (non-hydrogen) atoms. The number of thiophene rings is 1. The van der Waals surface area contributed by atoms with Gasteiger partial charge in [-0.2, -0.15) is 0 Å². The molecule has 3 rings (SSSR count). The van der Waals surface area contributed by atoms with E-state index in [9.17, 15) is 0 Å². The van der Waals surface area contributed by atoms with Crippen molar-refractivity contribution >= 4 is 22.9 Å². The quantitative estimate of drug-likeness (QED) is 0.846. The van der Waals surface area contributed by atoms with E-state index in [-0.39, 0.29) is 0 Å². The number of fused-ring (bicyclic) bond motifs is 1. The van der Waals surface area contributed by atoms with Crippen molar-refractivity contribution in [2.24, 2.45) is 5.92 Å². The molecule has 0 bridgehead atoms. The summed E-state index contributed by atoms with van der Waals surface area (Å²) >= 11 is 7.79. The van der Waals surface area contributed by atoms with E-state index in [1.165, 1.54) is 49.1 Å². The van der Waals surface area contributed by atoms with Crippen molar-refractivity contribution in [1.29, 1.82) is 0 Å². The average molecular weight is 242 g/mol. The van der Waals surface area contributed by atoms with Gasteiger partial charge in [-0.05, 0) is 43.4 Å². The summed E-state index contributed by atoms with van der Waals surface area (Å²) in [6.07, 6.45) is 6.77. The fraction of sp³-hybridized carbons (Fsp3) is 0.667. The van der Waals surface area contributed by atoms with Crippen LogP contribution in [0.2, 0.25) is 4.34 Å². The molecule has 1 aromatic rings. The highest BCUT2D eigenvalue weighted by atomic mass is 35.5. The molecule has 1 atom stereocenters. The van der Waals surface area contributed by atoms with Gasteiger partial charge in [0.1, 0.15) is 0 Å². The van der Waals surface area contributed by atoms with Gasteiger partial charge in [0, 0.05) is 10.9 Å². The Balaban J connectivity index is 1.57. The number of aryl methyl sites for hydroxylation is 1. The van der Waals surface area contributed by atoms with E-state index in [1.54, 1.807) is 11.3 Å². The molecule has 0 aromatic carbocycles. The van der Waals surface area contributed by atoms with Crippen molar-refractivity contribution < 1.29 is 0 Å². The Labute approximate surface area is 99.8 Å². The smallest absolute Gasteiger partial charge is 0.0934 e. The van der Waals surface area contributed by atoms with Crippen molar-refractivity contribution in [2.75, 3.05) is 6.54 Å². The van der Waals surface area contributed by atoms with Crippen molar-refractivity contribution in [3.05, 3.63) is 20.8 Å². The third-order valence-electron chi connectivity index (χ3n) is 3.49. The lowest BCUT2D eigenvalue weighted by molar-refractivity contribution is 0.507. The van der Waals surface area contributed by atoms with E-state index in [0.717, 1.165) is 10.3 Å². The molecule has 0 aliphatic heterocycles. The molecule has 3 heteroatoms. The Morgan fingerprint density at radius 2 is 2.27 bits per heavy atom. The summed E-state index contributed by atoms with van der Waals surface area (Å²) in [5.41, 5.74) is 1.47. The van der Waals surface area contributed by atoms with Gasteiger partial charge in [-0.1, -0.05) is 24.4 Å². The first-order valence-corrected chi connectivity index (χ1v) is 7.04. The van der Waals surface area contributed by atoms with Gasteiger partial charge >= 0.3 is 0 Å². The Morgan fingerprint density at radius 1 is 1.40 bits per heavy atom. The zero-order chi connectivity index (χ0) is 10.3. The van der Waals surface area contributed by atoms with Crippen molar-refractivity contribution in [3.63, 3.8) is 0 Å². The van der Waals surface area contributed by atoms with Gasteiger partial charge in [-0.15, -0.1) is 11.3 Å². The minimum Gasteiger partial charge on any atom is -0.310 e. The van der Waals surface area contributed by atoms with Gasteiger partial charge in [0.25, 0.3) is 0 Å². The van der Waals surface area contributed by atoms with Gasteiger partial charge in [-0.3, -0.25) is 0 Å². The van der Waals surface area contributed by atoms with Crippen molar-refractivity contribution in [1.82, 2.24) is 5.32 Å². The second-order valence-corrected chi connectivity index (χ2v) is 6.47. The molecule has 0 radical (unpaired) electrons. The Morgan fingerprint density at radius 3 is 3.07 bits per heavy atom. The number of hydrogen-bond acceptors (Lipinski definition) is 2. The molecule has 1 nitrogen and oxygen atoms in total. The van der Waals surface area contributed by atoms with E-state index in [4.69, 9.17) is 11.6 Å². The predicted octanol–water partition coefficient (Wildman–Crippen LogP) is 3.78. The van der Waals surface area contributed by atoms with Crippen LogP contribution in [0.5, 0.6) is 0 Å². The van der Waals surface area contributed by atoms with E-state index >= 15 is 0 Å². The van der Waals surface area contributed by atoms with Gasteiger partial charge in [0.05, 0.1) is 4.34 Å². The first-order chi connectivity index (χ1) is 7.33. The maximum absolute atomic E-state index is 6.03. The standard InChI is InChI=1S/C12H16ClNS/c13-12-7-9-10(3-4-11(9)15-12)14-6-5-8-1-2-8/h7-8,10,14H,1-6H2. The number of rotatable bonds is 4. The zero-order valence-electron chi connectivity index (χ0n) is 8.76. The lowest BCUT2D eigenvalue weighted by Gasteiger charge is -2.12. The molecule has 1 unspecified atom stereocenters. The second kappa shape index (κ2) is 4.08. The van der Waals surface area contributed by atoms with E-state index in [2.05, 4.69) is 11.4 Å². The molecular formula is C12H16ClNS. The largest absolute Gasteiger partial charge is 0.310 e. The highest BCUT2D eigenvalue weighted by molar-refractivity contribution is 7.16. The highest BCUT2D eigenvalue weighted by Gasteiger charge is 2.26. The van der Waals surface area contributed by atoms with Gasteiger partial charge in [-0.25, -0.2) is 0 Å². The van der Waals surface area contributed by atoms with Gasteiger partial charge in [0.15, 0.2) is 0 Å². The number of halogens is 1. The van der Waals surface area contributed by atoms with Crippen LogP contribution in [0.15, 0.2) is 6.07 Å². The Bertz CT molecular complexity index is 357. The highest BCUT2D eigenvalue weighted by Crippen LogP contribution is 2.39. The second-order valence-electron chi connectivity index (χ2n) is 4.71. The SMILES string of the molecule is Clc1cc2c(s1)CCC2NCCC1CC1. The summed E-state index contributed by atoms with van der Waals surface area (Å²) < 4.78 is 0.952. The Kier molecular flexibility index (Phi) is 2.75. The first-order valence-electron chi connectivity index (χ1n) is 5.84. The summed E-state index contributed by atoms with van der Waals surface area (Å²) in [6.45, 7) is 1.18. The van der Waals surface area contributed by atoms with Crippen LogP contribution < -0.4 is 5.32 Å². The van der Waals surface area contributed by atoms with Crippen LogP contribution in [0.25, 0.3) is 0 Å². The molecule has 1 N–H and O–H groups in total. The molecule has 82 valence electrons. The average Bonchev–Trinajstić information content (AvgIpc) is 2.85. The fourth-order valence-electron chi connectivity index (χ4n) is 2.41. The monoisotopic (exact) mass is 241 g/mol. The third kappa shape index (κ3) is 2.22. The lowest BCUT2D eigenvalue weighted by Crippen LogP contribution is -2.20. The molecule has 1 heterocycles. The normalized spacial score (nSPS) is 24.5. The maximum atomic E-state index is 6.03. The summed E-state index contributed by atoms with van der Waals surface area (Å²) in [6, 6.07) is 2.74. The van der Waals surface area contributed by atoms with E-state index in [1.807, 2.05) is 0 Å². The molecule has 0 amide bonds. The molecule has 2 aliphatic rings. The van der Waals surface area contributed by atoms with Crippen LogP contribution in [-0.4, -0.2) is 6.54 Å². The predicted molar refractivity (Wildman–Crippen MR) is 65.7 cm³/mol. The number of hydrogen-bond donors (Lipinski definition) is 1. The summed E-state index contributed by atoms with van der Waals surface area (Å²) in [7, 11) is 0. The molecule has 0 spiro atoms. The van der Waals surface area contributed by atoms with Crippen LogP contribution in [0.4, 0.5) is 0 Å². The van der Waals surface area contributed by atoms with E-state index < -0.39 is 0 Å². The fourth-order valence-corrected chi connectivity index (χ4v) is 3.77. The third-order valence-corrected chi connectivity index (χ3v) is 4.83. The summed E-state index contributed by atoms with van der Waals surface area (Å²) in [5.74, 6) is 1.03. The number of nitrogens with one attached hydrogen (secondary N) is 1. The summed E-state index contributed by atoms with van der Waals surface area (Å²) in [5, 5.41) is 3.67. The van der Waals surface area contributed by atoms with Crippen molar-refractivity contribution in [2.45, 2.75) is 38.1 Å². The molecule has 1 saturated carbocycles. The first kappa shape index (κ1) is 10.1. The Hall–Kier alpha value is -0.0500. The van der Waals surface area contributed by atoms with Crippen molar-refractivity contribution in [3.8, 4) is 0 Å². The minimum absolute atomic E-state index is 0.586. The van der Waals surface area contributed by atoms with Gasteiger partial charge in [0.2, 0.25) is 0 Å². The minimum atomic E-state index is 0.586. The lowest BCUT2D eigenvalue weighted by atomic mass is 10.1. The van der Waals surface area contributed by atoms with Crippen LogP contribution >= 0.6 is 22.9 Å². The van der Waals surface area contributed by atoms with Gasteiger partial charge < -0.3 is 5.32 Å². The molecule has 0 saturated heterocycles. The summed E-state index contributed by atoms with van der Waals surface area (Å²) in [4.78, 5) is 1.50. The molecular weight excluding hydrogens is 226 g/mol. The maximum Gasteiger partial charge on any atom is 0.0934 e. The van der Waals surface area contributed by atoms with Crippen LogP contribution in [0.3, 0.4) is 0 Å². The van der Waals surface area contributed by atoms with E-state index in [0.29, 0.717) is 6.04 Å². The van der Waals surface area contributed by atoms with Crippen LogP contribution in [0, 0.1) is 5.92 Å².